The van der Waals surface area contributed by atoms with Gasteiger partial charge in [-0.25, -0.2) is 4.99 Å². The molecule has 3 aromatic carbocycles. The topological polar surface area (TPSA) is 95.2 Å². The van der Waals surface area contributed by atoms with Crippen LogP contribution in [-0.2, 0) is 17.9 Å². The highest BCUT2D eigenvalue weighted by Crippen LogP contribution is 2.37. The van der Waals surface area contributed by atoms with E-state index in [1.54, 1.807) is 35.4 Å². The molecule has 4 aromatic rings. The molecule has 1 aliphatic rings. The number of ether oxygens (including phenoxy) is 1. The molecule has 2 heterocycles. The highest BCUT2D eigenvalue weighted by atomic mass is 79.9. The van der Waals surface area contributed by atoms with Gasteiger partial charge in [-0.3, -0.25) is 9.69 Å². The maximum Gasteiger partial charge on any atom is 0.267 e. The number of benzene rings is 3. The van der Waals surface area contributed by atoms with Gasteiger partial charge in [0, 0.05) is 10.0 Å². The molecule has 0 aliphatic carbocycles. The fourth-order valence-corrected chi connectivity index (χ4v) is 5.07. The molecule has 9 heteroatoms. The molecule has 1 aliphatic heterocycles. The van der Waals surface area contributed by atoms with Crippen molar-refractivity contribution in [1.29, 1.82) is 0 Å². The van der Waals surface area contributed by atoms with Crippen molar-refractivity contribution in [3.05, 3.63) is 123 Å². The number of nitrogens with zero attached hydrogens (tertiary/aromatic N) is 2. The van der Waals surface area contributed by atoms with Gasteiger partial charge in [-0.2, -0.15) is 0 Å². The quantitative estimate of drug-likeness (QED) is 0.242. The predicted molar refractivity (Wildman–Crippen MR) is 148 cm³/mol. The fourth-order valence-electron chi connectivity index (χ4n) is 3.71. The molecule has 0 spiro atoms. The van der Waals surface area contributed by atoms with Crippen molar-refractivity contribution in [3.8, 4) is 5.75 Å². The second kappa shape index (κ2) is 11.5. The molecule has 0 radical (unpaired) electrons. The van der Waals surface area contributed by atoms with Crippen LogP contribution in [0.15, 0.2) is 110 Å². The standard InChI is InChI=1S/C29H21BrN2O5S/c30-22-12-13-25(37-18-19-8-10-20(11-9-19)28(34)35)21(15-22)16-26-27(33)32(17-24-7-4-14-36-24)29(38-26)31-23-5-2-1-3-6-23/h1-16H,17-18H2,(H,34,35)/p-1/b26-16-,31-29?. The molecule has 0 bridgehead atoms. The minimum Gasteiger partial charge on any atom is -0.545 e. The maximum absolute atomic E-state index is 13.5. The Kier molecular flexibility index (Phi) is 7.76. The monoisotopic (exact) mass is 587 g/mol. The number of furan rings is 1. The maximum atomic E-state index is 13.5. The Labute approximate surface area is 231 Å². The summed E-state index contributed by atoms with van der Waals surface area (Å²) in [6.45, 7) is 0.475. The lowest BCUT2D eigenvalue weighted by Crippen LogP contribution is -2.28. The van der Waals surface area contributed by atoms with Crippen molar-refractivity contribution in [2.75, 3.05) is 0 Å². The van der Waals surface area contributed by atoms with E-state index < -0.39 is 5.97 Å². The highest BCUT2D eigenvalue weighted by molar-refractivity contribution is 9.10. The smallest absolute Gasteiger partial charge is 0.267 e. The second-order valence-corrected chi connectivity index (χ2v) is 10.2. The fraction of sp³-hybridized carbons (Fsp3) is 0.0690. The Morgan fingerprint density at radius 1 is 1.05 bits per heavy atom. The number of hydrogen-bond acceptors (Lipinski definition) is 7. The number of carbonyl (C=O) groups is 2. The summed E-state index contributed by atoms with van der Waals surface area (Å²) in [6.07, 6.45) is 3.36. The molecule has 5 rings (SSSR count). The first-order chi connectivity index (χ1) is 18.5. The van der Waals surface area contributed by atoms with Crippen LogP contribution < -0.4 is 9.84 Å². The van der Waals surface area contributed by atoms with Crippen LogP contribution in [0.3, 0.4) is 0 Å². The molecule has 7 nitrogen and oxygen atoms in total. The number of para-hydroxylation sites is 1. The number of aromatic carboxylic acids is 1. The minimum absolute atomic E-state index is 0.103. The van der Waals surface area contributed by atoms with E-state index in [0.717, 1.165) is 15.7 Å². The lowest BCUT2D eigenvalue weighted by Gasteiger charge is -2.14. The van der Waals surface area contributed by atoms with Gasteiger partial charge in [0.25, 0.3) is 5.91 Å². The molecule has 1 aromatic heterocycles. The number of thioether (sulfide) groups is 1. The third-order valence-electron chi connectivity index (χ3n) is 5.61. The van der Waals surface area contributed by atoms with Crippen LogP contribution in [0.5, 0.6) is 5.75 Å². The van der Waals surface area contributed by atoms with Gasteiger partial charge in [0.15, 0.2) is 5.17 Å². The summed E-state index contributed by atoms with van der Waals surface area (Å²) in [5.74, 6) is -0.194. The summed E-state index contributed by atoms with van der Waals surface area (Å²) in [4.78, 5) is 31.3. The summed E-state index contributed by atoms with van der Waals surface area (Å²) in [5, 5.41) is 11.5. The number of aliphatic imine (C=N–C) groups is 1. The SMILES string of the molecule is O=C([O-])c1ccc(COc2ccc(Br)cc2/C=C2\SC(=Nc3ccccc3)N(Cc3ccco3)C2=O)cc1. The molecule has 0 saturated carbocycles. The Morgan fingerprint density at radius 2 is 1.84 bits per heavy atom. The Balaban J connectivity index is 1.43. The number of carboxylic acids is 1. The van der Waals surface area contributed by atoms with Crippen LogP contribution in [0.25, 0.3) is 6.08 Å². The van der Waals surface area contributed by atoms with Gasteiger partial charge in [0.1, 0.15) is 18.1 Å². The number of carbonyl (C=O) groups excluding carboxylic acids is 2. The van der Waals surface area contributed by atoms with Crippen LogP contribution in [-0.4, -0.2) is 21.9 Å². The Morgan fingerprint density at radius 3 is 2.55 bits per heavy atom. The summed E-state index contributed by atoms with van der Waals surface area (Å²) < 4.78 is 12.4. The first-order valence-corrected chi connectivity index (χ1v) is 13.2. The normalized spacial score (nSPS) is 15.4. The molecule has 38 heavy (non-hydrogen) atoms. The second-order valence-electron chi connectivity index (χ2n) is 8.27. The molecule has 1 amide bonds. The van der Waals surface area contributed by atoms with Crippen molar-refractivity contribution in [2.45, 2.75) is 13.2 Å². The number of amidine groups is 1. The molecular formula is C29H20BrN2O5S-. The van der Waals surface area contributed by atoms with E-state index in [1.165, 1.54) is 23.9 Å². The van der Waals surface area contributed by atoms with Crippen molar-refractivity contribution >= 4 is 56.5 Å². The largest absolute Gasteiger partial charge is 0.545 e. The summed E-state index contributed by atoms with van der Waals surface area (Å²) >= 11 is 4.79. The van der Waals surface area contributed by atoms with E-state index in [-0.39, 0.29) is 24.6 Å². The molecule has 1 fully saturated rings. The van der Waals surface area contributed by atoms with E-state index >= 15 is 0 Å². The lowest BCUT2D eigenvalue weighted by molar-refractivity contribution is -0.255. The van der Waals surface area contributed by atoms with Crippen molar-refractivity contribution in [1.82, 2.24) is 4.90 Å². The zero-order valence-corrected chi connectivity index (χ0v) is 22.3. The van der Waals surface area contributed by atoms with Gasteiger partial charge in [-0.15, -0.1) is 0 Å². The van der Waals surface area contributed by atoms with E-state index in [9.17, 15) is 14.7 Å². The van der Waals surface area contributed by atoms with Crippen molar-refractivity contribution in [3.63, 3.8) is 0 Å². The highest BCUT2D eigenvalue weighted by Gasteiger charge is 2.34. The van der Waals surface area contributed by atoms with Gasteiger partial charge in [0.2, 0.25) is 0 Å². The number of carboxylic acid groups (broad SMARTS) is 1. The minimum atomic E-state index is -1.23. The van der Waals surface area contributed by atoms with Crippen molar-refractivity contribution < 1.29 is 23.8 Å². The predicted octanol–water partition coefficient (Wildman–Crippen LogP) is 5.79. The summed E-state index contributed by atoms with van der Waals surface area (Å²) in [6, 6.07) is 24.9. The van der Waals surface area contributed by atoms with Gasteiger partial charge in [-0.1, -0.05) is 58.4 Å². The average molecular weight is 588 g/mol. The molecule has 0 atom stereocenters. The van der Waals surface area contributed by atoms with Gasteiger partial charge >= 0.3 is 0 Å². The number of rotatable bonds is 8. The molecule has 1 saturated heterocycles. The van der Waals surface area contributed by atoms with Crippen LogP contribution in [0, 0.1) is 0 Å². The Bertz CT molecular complexity index is 1520. The van der Waals surface area contributed by atoms with Crippen LogP contribution in [0.2, 0.25) is 0 Å². The molecule has 0 unspecified atom stereocenters. The number of halogens is 1. The molecule has 0 N–H and O–H groups in total. The Hall–Kier alpha value is -4.08. The van der Waals surface area contributed by atoms with E-state index in [1.807, 2.05) is 54.6 Å². The first kappa shape index (κ1) is 25.6. The van der Waals surface area contributed by atoms with Crippen LogP contribution in [0.4, 0.5) is 5.69 Å². The third-order valence-corrected chi connectivity index (χ3v) is 7.11. The van der Waals surface area contributed by atoms with Gasteiger partial charge < -0.3 is 19.1 Å². The number of amides is 1. The zero-order valence-electron chi connectivity index (χ0n) is 19.9. The van der Waals surface area contributed by atoms with Gasteiger partial charge in [0.05, 0.1) is 29.4 Å². The number of hydrogen-bond donors (Lipinski definition) is 0. The average Bonchev–Trinajstić information content (AvgIpc) is 3.53. The lowest BCUT2D eigenvalue weighted by atomic mass is 10.1. The van der Waals surface area contributed by atoms with E-state index in [2.05, 4.69) is 15.9 Å². The third kappa shape index (κ3) is 6.07. The van der Waals surface area contributed by atoms with E-state index in [0.29, 0.717) is 27.1 Å². The summed E-state index contributed by atoms with van der Waals surface area (Å²) in [5.41, 5.74) is 2.35. The van der Waals surface area contributed by atoms with Gasteiger partial charge in [-0.05, 0) is 71.4 Å². The van der Waals surface area contributed by atoms with Crippen LogP contribution >= 0.6 is 27.7 Å². The zero-order chi connectivity index (χ0) is 26.5. The molecular weight excluding hydrogens is 568 g/mol. The van der Waals surface area contributed by atoms with Crippen molar-refractivity contribution in [2.24, 2.45) is 4.99 Å². The van der Waals surface area contributed by atoms with E-state index in [4.69, 9.17) is 14.1 Å². The summed E-state index contributed by atoms with van der Waals surface area (Å²) in [7, 11) is 0. The van der Waals surface area contributed by atoms with Crippen LogP contribution in [0.1, 0.15) is 27.2 Å². The molecule has 190 valence electrons. The first-order valence-electron chi connectivity index (χ1n) is 11.6.